The molecule has 2 heterocycles. The lowest BCUT2D eigenvalue weighted by molar-refractivity contribution is 0.357. The number of ether oxygens (including phenoxy) is 1. The van der Waals surface area contributed by atoms with Gasteiger partial charge in [0.05, 0.1) is 6.61 Å². The van der Waals surface area contributed by atoms with Gasteiger partial charge >= 0.3 is 0 Å². The maximum atomic E-state index is 5.50. The zero-order valence-electron chi connectivity index (χ0n) is 8.25. The Hall–Kier alpha value is -1.02. The third-order valence-corrected chi connectivity index (χ3v) is 3.25. The first-order chi connectivity index (χ1) is 6.93. The van der Waals surface area contributed by atoms with Crippen LogP contribution in [0.2, 0.25) is 0 Å². The van der Waals surface area contributed by atoms with Crippen molar-refractivity contribution in [3.8, 4) is 5.75 Å². The monoisotopic (exact) mass is 189 g/mol. The van der Waals surface area contributed by atoms with Gasteiger partial charge in [-0.3, -0.25) is 0 Å². The number of hydrogen-bond donors (Lipinski definition) is 1. The van der Waals surface area contributed by atoms with Gasteiger partial charge in [0.2, 0.25) is 0 Å². The van der Waals surface area contributed by atoms with Gasteiger partial charge in [-0.25, -0.2) is 0 Å². The third kappa shape index (κ3) is 1.30. The van der Waals surface area contributed by atoms with Crippen LogP contribution in [0.5, 0.6) is 5.75 Å². The fourth-order valence-electron chi connectivity index (χ4n) is 2.40. The molecule has 0 saturated carbocycles. The first kappa shape index (κ1) is 8.30. The van der Waals surface area contributed by atoms with Gasteiger partial charge in [-0.1, -0.05) is 12.1 Å². The van der Waals surface area contributed by atoms with Crippen molar-refractivity contribution in [1.82, 2.24) is 5.32 Å². The molecule has 1 unspecified atom stereocenters. The maximum Gasteiger partial charge on any atom is 0.122 e. The lowest BCUT2D eigenvalue weighted by Gasteiger charge is -2.09. The summed E-state index contributed by atoms with van der Waals surface area (Å²) < 4.78 is 5.50. The van der Waals surface area contributed by atoms with E-state index in [4.69, 9.17) is 4.74 Å². The van der Waals surface area contributed by atoms with Gasteiger partial charge < -0.3 is 10.1 Å². The van der Waals surface area contributed by atoms with Gasteiger partial charge in [0.1, 0.15) is 5.75 Å². The summed E-state index contributed by atoms with van der Waals surface area (Å²) in [5.74, 6) is 1.82. The van der Waals surface area contributed by atoms with Gasteiger partial charge in [0, 0.05) is 13.0 Å². The Kier molecular flexibility index (Phi) is 1.95. The molecule has 0 spiro atoms. The van der Waals surface area contributed by atoms with Crippen molar-refractivity contribution in [3.63, 3.8) is 0 Å². The molecular weight excluding hydrogens is 174 g/mol. The van der Waals surface area contributed by atoms with Crippen LogP contribution in [0.15, 0.2) is 18.2 Å². The number of rotatable bonds is 1. The summed E-state index contributed by atoms with van der Waals surface area (Å²) in [6.45, 7) is 3.17. The number of benzene rings is 1. The molecule has 1 fully saturated rings. The highest BCUT2D eigenvalue weighted by molar-refractivity contribution is 5.41. The third-order valence-electron chi connectivity index (χ3n) is 3.25. The van der Waals surface area contributed by atoms with Crippen molar-refractivity contribution in [2.45, 2.75) is 18.8 Å². The molecule has 0 radical (unpaired) electrons. The molecule has 14 heavy (non-hydrogen) atoms. The Bertz CT molecular complexity index is 342. The van der Waals surface area contributed by atoms with E-state index in [0.717, 1.165) is 37.8 Å². The largest absolute Gasteiger partial charge is 0.493 e. The molecule has 0 aliphatic carbocycles. The molecule has 1 atom stereocenters. The summed E-state index contributed by atoms with van der Waals surface area (Å²) in [6.07, 6.45) is 2.36. The van der Waals surface area contributed by atoms with E-state index in [2.05, 4.69) is 23.5 Å². The van der Waals surface area contributed by atoms with Gasteiger partial charge in [-0.15, -0.1) is 0 Å². The standard InChI is InChI=1S/C12H15NO/c1-2-12-10(4-6-14-12)7-9(1)11-3-5-13-8-11/h1-2,7,11,13H,3-6,8H2. The maximum absolute atomic E-state index is 5.50. The molecule has 74 valence electrons. The normalized spacial score (nSPS) is 24.7. The van der Waals surface area contributed by atoms with Crippen LogP contribution >= 0.6 is 0 Å². The fourth-order valence-corrected chi connectivity index (χ4v) is 2.40. The van der Waals surface area contributed by atoms with E-state index in [-0.39, 0.29) is 0 Å². The summed E-state index contributed by atoms with van der Waals surface area (Å²) in [5.41, 5.74) is 2.88. The SMILES string of the molecule is c1cc2c(cc1C1CCNC1)CCO2. The van der Waals surface area contributed by atoms with Crippen LogP contribution in [-0.4, -0.2) is 19.7 Å². The molecule has 3 rings (SSSR count). The van der Waals surface area contributed by atoms with Crippen molar-refractivity contribution in [1.29, 1.82) is 0 Å². The number of nitrogens with one attached hydrogen (secondary N) is 1. The summed E-state index contributed by atoms with van der Waals surface area (Å²) in [5, 5.41) is 3.41. The minimum Gasteiger partial charge on any atom is -0.493 e. The van der Waals surface area contributed by atoms with Crippen LogP contribution in [-0.2, 0) is 6.42 Å². The average molecular weight is 189 g/mol. The smallest absolute Gasteiger partial charge is 0.122 e. The minimum absolute atomic E-state index is 0.723. The Morgan fingerprint density at radius 2 is 2.36 bits per heavy atom. The van der Waals surface area contributed by atoms with Crippen LogP contribution < -0.4 is 10.1 Å². The van der Waals surface area contributed by atoms with Crippen molar-refractivity contribution in [3.05, 3.63) is 29.3 Å². The van der Waals surface area contributed by atoms with Gasteiger partial charge in [-0.2, -0.15) is 0 Å². The molecule has 0 amide bonds. The summed E-state index contributed by atoms with van der Waals surface area (Å²) in [7, 11) is 0. The molecule has 1 aromatic rings. The van der Waals surface area contributed by atoms with E-state index in [1.807, 2.05) is 0 Å². The molecule has 1 saturated heterocycles. The molecule has 2 nitrogen and oxygen atoms in total. The van der Waals surface area contributed by atoms with Gasteiger partial charge in [-0.05, 0) is 36.1 Å². The molecular formula is C12H15NO. The van der Waals surface area contributed by atoms with Crippen molar-refractivity contribution in [2.24, 2.45) is 0 Å². The summed E-state index contributed by atoms with van der Waals surface area (Å²) in [6, 6.07) is 6.69. The molecule has 2 aliphatic heterocycles. The Balaban J connectivity index is 1.91. The predicted octanol–water partition coefficient (Wildman–Crippen LogP) is 1.70. The molecule has 1 aromatic carbocycles. The quantitative estimate of drug-likeness (QED) is 0.726. The second-order valence-corrected chi connectivity index (χ2v) is 4.16. The molecule has 1 N–H and O–H groups in total. The first-order valence-electron chi connectivity index (χ1n) is 5.40. The number of hydrogen-bond acceptors (Lipinski definition) is 2. The zero-order valence-corrected chi connectivity index (χ0v) is 8.25. The second kappa shape index (κ2) is 3.28. The highest BCUT2D eigenvalue weighted by Crippen LogP contribution is 2.30. The predicted molar refractivity (Wildman–Crippen MR) is 55.9 cm³/mol. The van der Waals surface area contributed by atoms with Crippen LogP contribution in [0, 0.1) is 0 Å². The van der Waals surface area contributed by atoms with Crippen molar-refractivity contribution in [2.75, 3.05) is 19.7 Å². The lowest BCUT2D eigenvalue weighted by atomic mass is 9.96. The Morgan fingerprint density at radius 1 is 1.36 bits per heavy atom. The van der Waals surface area contributed by atoms with Gasteiger partial charge in [0.25, 0.3) is 0 Å². The fraction of sp³-hybridized carbons (Fsp3) is 0.500. The van der Waals surface area contributed by atoms with Crippen LogP contribution in [0.3, 0.4) is 0 Å². The zero-order chi connectivity index (χ0) is 9.38. The molecule has 2 aliphatic rings. The van der Waals surface area contributed by atoms with E-state index in [1.165, 1.54) is 17.5 Å². The average Bonchev–Trinajstić information content (AvgIpc) is 2.88. The summed E-state index contributed by atoms with van der Waals surface area (Å²) in [4.78, 5) is 0. The molecule has 2 heteroatoms. The highest BCUT2D eigenvalue weighted by Gasteiger charge is 2.19. The van der Waals surface area contributed by atoms with E-state index < -0.39 is 0 Å². The van der Waals surface area contributed by atoms with E-state index >= 15 is 0 Å². The van der Waals surface area contributed by atoms with Crippen LogP contribution in [0.4, 0.5) is 0 Å². The highest BCUT2D eigenvalue weighted by atomic mass is 16.5. The van der Waals surface area contributed by atoms with E-state index in [0.29, 0.717) is 0 Å². The summed E-state index contributed by atoms with van der Waals surface area (Å²) >= 11 is 0. The van der Waals surface area contributed by atoms with Crippen molar-refractivity contribution >= 4 is 0 Å². The number of fused-ring (bicyclic) bond motifs is 1. The van der Waals surface area contributed by atoms with Crippen LogP contribution in [0.1, 0.15) is 23.5 Å². The molecule has 0 bridgehead atoms. The minimum atomic E-state index is 0.723. The van der Waals surface area contributed by atoms with E-state index in [1.54, 1.807) is 0 Å². The topological polar surface area (TPSA) is 21.3 Å². The van der Waals surface area contributed by atoms with E-state index in [9.17, 15) is 0 Å². The second-order valence-electron chi connectivity index (χ2n) is 4.16. The molecule has 0 aromatic heterocycles. The Morgan fingerprint density at radius 3 is 3.21 bits per heavy atom. The van der Waals surface area contributed by atoms with Crippen LogP contribution in [0.25, 0.3) is 0 Å². The van der Waals surface area contributed by atoms with Gasteiger partial charge in [0.15, 0.2) is 0 Å². The lowest BCUT2D eigenvalue weighted by Crippen LogP contribution is -2.07. The van der Waals surface area contributed by atoms with Crippen molar-refractivity contribution < 1.29 is 4.74 Å². The first-order valence-corrected chi connectivity index (χ1v) is 5.40. The Labute approximate surface area is 84.3 Å².